The molecule has 0 aliphatic heterocycles. The molecule has 2 heterocycles. The van der Waals surface area contributed by atoms with E-state index in [2.05, 4.69) is 37.0 Å². The Hall–Kier alpha value is -2.14. The second kappa shape index (κ2) is 7.12. The van der Waals surface area contributed by atoms with Crippen LogP contribution < -0.4 is 5.56 Å². The maximum atomic E-state index is 13.2. The lowest BCUT2D eigenvalue weighted by molar-refractivity contribution is 0.750. The van der Waals surface area contributed by atoms with E-state index in [1.807, 2.05) is 11.4 Å². The summed E-state index contributed by atoms with van der Waals surface area (Å²) in [6, 6.07) is 11.5. The quantitative estimate of drug-likeness (QED) is 0.405. The molecular formula is C21H16Cl2N2OS. The predicted octanol–water partition coefficient (Wildman–Crippen LogP) is 6.10. The van der Waals surface area contributed by atoms with Crippen molar-refractivity contribution in [1.82, 2.24) is 9.55 Å². The zero-order valence-corrected chi connectivity index (χ0v) is 17.1. The first kappa shape index (κ1) is 18.2. The molecule has 0 aliphatic rings. The average molecular weight is 415 g/mol. The molecule has 3 nitrogen and oxygen atoms in total. The van der Waals surface area contributed by atoms with Gasteiger partial charge in [0.05, 0.1) is 18.3 Å². The molecule has 0 spiro atoms. The topological polar surface area (TPSA) is 34.9 Å². The van der Waals surface area contributed by atoms with Crippen molar-refractivity contribution in [3.63, 3.8) is 0 Å². The third-order valence-electron chi connectivity index (χ3n) is 4.73. The molecule has 6 heteroatoms. The van der Waals surface area contributed by atoms with Crippen LogP contribution >= 0.6 is 34.5 Å². The van der Waals surface area contributed by atoms with Crippen molar-refractivity contribution in [2.45, 2.75) is 20.4 Å². The third kappa shape index (κ3) is 3.41. The molecule has 0 aliphatic carbocycles. The Morgan fingerprint density at radius 3 is 2.63 bits per heavy atom. The summed E-state index contributed by atoms with van der Waals surface area (Å²) in [6.45, 7) is 4.50. The fourth-order valence-corrected chi connectivity index (χ4v) is 4.41. The molecule has 2 aromatic carbocycles. The van der Waals surface area contributed by atoms with Gasteiger partial charge in [-0.05, 0) is 48.2 Å². The van der Waals surface area contributed by atoms with Gasteiger partial charge < -0.3 is 0 Å². The van der Waals surface area contributed by atoms with E-state index < -0.39 is 0 Å². The minimum Gasteiger partial charge on any atom is -0.294 e. The van der Waals surface area contributed by atoms with Crippen molar-refractivity contribution in [2.75, 3.05) is 0 Å². The van der Waals surface area contributed by atoms with Crippen LogP contribution in [0.5, 0.6) is 0 Å². The van der Waals surface area contributed by atoms with Crippen LogP contribution in [0.25, 0.3) is 21.3 Å². The van der Waals surface area contributed by atoms with Crippen LogP contribution in [0.4, 0.5) is 0 Å². The summed E-state index contributed by atoms with van der Waals surface area (Å²) in [7, 11) is 0. The minimum atomic E-state index is -0.0690. The monoisotopic (exact) mass is 414 g/mol. The molecule has 4 rings (SSSR count). The largest absolute Gasteiger partial charge is 0.294 e. The van der Waals surface area contributed by atoms with Gasteiger partial charge in [-0.25, -0.2) is 4.98 Å². The number of benzene rings is 2. The second-order valence-electron chi connectivity index (χ2n) is 6.54. The number of aromatic nitrogens is 2. The van der Waals surface area contributed by atoms with E-state index in [0.717, 1.165) is 21.5 Å². The summed E-state index contributed by atoms with van der Waals surface area (Å²) in [5.41, 5.74) is 5.14. The minimum absolute atomic E-state index is 0.0690. The molecule has 0 radical (unpaired) electrons. The molecule has 0 amide bonds. The van der Waals surface area contributed by atoms with E-state index in [-0.39, 0.29) is 5.56 Å². The normalized spacial score (nSPS) is 11.3. The lowest BCUT2D eigenvalue weighted by Gasteiger charge is -2.09. The molecule has 0 atom stereocenters. The molecule has 4 aromatic rings. The van der Waals surface area contributed by atoms with E-state index >= 15 is 0 Å². The number of rotatable bonds is 3. The highest BCUT2D eigenvalue weighted by molar-refractivity contribution is 7.17. The third-order valence-corrected chi connectivity index (χ3v) is 6.21. The zero-order chi connectivity index (χ0) is 19.1. The van der Waals surface area contributed by atoms with Gasteiger partial charge in [0.15, 0.2) is 0 Å². The van der Waals surface area contributed by atoms with Crippen molar-refractivity contribution in [3.05, 3.63) is 85.2 Å². The van der Waals surface area contributed by atoms with Crippen LogP contribution in [0.1, 0.15) is 16.7 Å². The molecule has 0 N–H and O–H groups in total. The van der Waals surface area contributed by atoms with Crippen molar-refractivity contribution < 1.29 is 0 Å². The first-order valence-electron chi connectivity index (χ1n) is 8.42. The number of fused-ring (bicyclic) bond motifs is 1. The highest BCUT2D eigenvalue weighted by Crippen LogP contribution is 2.32. The molecular weight excluding hydrogens is 399 g/mol. The van der Waals surface area contributed by atoms with E-state index in [1.165, 1.54) is 22.5 Å². The Balaban J connectivity index is 1.84. The molecule has 0 saturated heterocycles. The van der Waals surface area contributed by atoms with Crippen LogP contribution in [-0.2, 0) is 6.54 Å². The Labute approximate surface area is 170 Å². The Bertz CT molecular complexity index is 1230. The van der Waals surface area contributed by atoms with Crippen LogP contribution in [0, 0.1) is 13.8 Å². The van der Waals surface area contributed by atoms with Gasteiger partial charge in [-0.1, -0.05) is 47.5 Å². The first-order chi connectivity index (χ1) is 12.9. The van der Waals surface area contributed by atoms with Crippen LogP contribution in [-0.4, -0.2) is 9.55 Å². The van der Waals surface area contributed by atoms with E-state index in [1.54, 1.807) is 23.0 Å². The van der Waals surface area contributed by atoms with Gasteiger partial charge >= 0.3 is 0 Å². The SMILES string of the molecule is Cc1ccc(-c2csc3ncn(Cc4ccc(Cl)cc4Cl)c(=O)c23)cc1C. The number of halogens is 2. The Kier molecular flexibility index (Phi) is 4.81. The van der Waals surface area contributed by atoms with Gasteiger partial charge in [0.2, 0.25) is 0 Å². The molecule has 136 valence electrons. The van der Waals surface area contributed by atoms with E-state index in [9.17, 15) is 4.79 Å². The van der Waals surface area contributed by atoms with Crippen LogP contribution in [0.3, 0.4) is 0 Å². The molecule has 2 aromatic heterocycles. The molecule has 27 heavy (non-hydrogen) atoms. The Morgan fingerprint density at radius 1 is 1.07 bits per heavy atom. The fourth-order valence-electron chi connectivity index (χ4n) is 3.04. The number of aryl methyl sites for hydroxylation is 2. The van der Waals surface area contributed by atoms with Gasteiger partial charge in [0.1, 0.15) is 4.83 Å². The van der Waals surface area contributed by atoms with Gasteiger partial charge in [-0.2, -0.15) is 0 Å². The average Bonchev–Trinajstić information content (AvgIpc) is 3.07. The summed E-state index contributed by atoms with van der Waals surface area (Å²) in [5.74, 6) is 0. The summed E-state index contributed by atoms with van der Waals surface area (Å²) in [6.07, 6.45) is 1.58. The number of thiophene rings is 1. The lowest BCUT2D eigenvalue weighted by atomic mass is 10.0. The summed E-state index contributed by atoms with van der Waals surface area (Å²) >= 11 is 13.7. The van der Waals surface area contributed by atoms with Crippen LogP contribution in [0.2, 0.25) is 10.0 Å². The van der Waals surface area contributed by atoms with E-state index in [4.69, 9.17) is 23.2 Å². The van der Waals surface area contributed by atoms with Crippen LogP contribution in [0.15, 0.2) is 52.9 Å². The fraction of sp³-hybridized carbons (Fsp3) is 0.143. The summed E-state index contributed by atoms with van der Waals surface area (Å²) in [4.78, 5) is 18.4. The number of hydrogen-bond donors (Lipinski definition) is 0. The smallest absolute Gasteiger partial charge is 0.263 e. The molecule has 0 unspecified atom stereocenters. The van der Waals surface area contributed by atoms with Crippen molar-refractivity contribution in [1.29, 1.82) is 0 Å². The summed E-state index contributed by atoms with van der Waals surface area (Å²) in [5, 5.41) is 3.76. The first-order valence-corrected chi connectivity index (χ1v) is 10.1. The van der Waals surface area contributed by atoms with Gasteiger partial charge in [0.25, 0.3) is 5.56 Å². The zero-order valence-electron chi connectivity index (χ0n) is 14.8. The van der Waals surface area contributed by atoms with Crippen molar-refractivity contribution in [2.24, 2.45) is 0 Å². The standard InChI is InChI=1S/C21H16Cl2N2OS/c1-12-3-4-14(7-13(12)2)17-10-27-20-19(17)21(26)25(11-24-20)9-15-5-6-16(22)8-18(15)23/h3-8,10-11H,9H2,1-2H3. The van der Waals surface area contributed by atoms with Crippen molar-refractivity contribution >= 4 is 44.8 Å². The number of hydrogen-bond acceptors (Lipinski definition) is 3. The predicted molar refractivity (Wildman–Crippen MR) is 114 cm³/mol. The number of nitrogens with zero attached hydrogens (tertiary/aromatic N) is 2. The second-order valence-corrected chi connectivity index (χ2v) is 8.24. The Morgan fingerprint density at radius 2 is 1.89 bits per heavy atom. The maximum Gasteiger partial charge on any atom is 0.263 e. The van der Waals surface area contributed by atoms with Gasteiger partial charge in [0, 0.05) is 21.0 Å². The highest BCUT2D eigenvalue weighted by Gasteiger charge is 2.14. The molecule has 0 saturated carbocycles. The summed E-state index contributed by atoms with van der Waals surface area (Å²) < 4.78 is 1.59. The van der Waals surface area contributed by atoms with Gasteiger partial charge in [-0.3, -0.25) is 9.36 Å². The molecule has 0 fully saturated rings. The lowest BCUT2D eigenvalue weighted by Crippen LogP contribution is -2.21. The highest BCUT2D eigenvalue weighted by atomic mass is 35.5. The molecule has 0 bridgehead atoms. The van der Waals surface area contributed by atoms with Crippen molar-refractivity contribution in [3.8, 4) is 11.1 Å². The maximum absolute atomic E-state index is 13.2. The van der Waals surface area contributed by atoms with E-state index in [0.29, 0.717) is 22.0 Å². The van der Waals surface area contributed by atoms with Gasteiger partial charge in [-0.15, -0.1) is 11.3 Å².